The largest absolute Gasteiger partial charge is 0.379 e. The Morgan fingerprint density at radius 3 is 2.59 bits per heavy atom. The van der Waals surface area contributed by atoms with Gasteiger partial charge in [-0.05, 0) is 54.7 Å². The number of hydrogen-bond acceptors (Lipinski definition) is 8. The lowest BCUT2D eigenvalue weighted by atomic mass is 10.0. The second-order valence-electron chi connectivity index (χ2n) is 11.7. The number of nitrogens with zero attached hydrogens (tertiary/aromatic N) is 6. The predicted octanol–water partition coefficient (Wildman–Crippen LogP) is 6.90. The molecule has 11 heteroatoms. The number of pyridine rings is 1. The Kier molecular flexibility index (Phi) is 8.43. The minimum Gasteiger partial charge on any atom is -0.379 e. The molecule has 3 aromatic carbocycles. The summed E-state index contributed by atoms with van der Waals surface area (Å²) in [5.74, 6) is -0.404. The fourth-order valence-electron chi connectivity index (χ4n) is 5.84. The first-order chi connectivity index (χ1) is 22.9. The van der Waals surface area contributed by atoms with Crippen molar-refractivity contribution in [2.45, 2.75) is 37.4 Å². The number of benzene rings is 3. The van der Waals surface area contributed by atoms with Crippen molar-refractivity contribution in [3.8, 4) is 6.07 Å². The van der Waals surface area contributed by atoms with Gasteiger partial charge in [0.05, 0.1) is 60.7 Å². The highest BCUT2D eigenvalue weighted by Crippen LogP contribution is 2.38. The number of aromatic nitrogens is 4. The van der Waals surface area contributed by atoms with Gasteiger partial charge in [0.2, 0.25) is 0 Å². The van der Waals surface area contributed by atoms with Gasteiger partial charge >= 0.3 is 0 Å². The maximum absolute atomic E-state index is 14.0. The summed E-state index contributed by atoms with van der Waals surface area (Å²) in [6.07, 6.45) is 6.13. The van der Waals surface area contributed by atoms with Crippen LogP contribution in [0.25, 0.3) is 10.9 Å². The highest BCUT2D eigenvalue weighted by molar-refractivity contribution is 6.35. The van der Waals surface area contributed by atoms with E-state index < -0.39 is 11.8 Å². The summed E-state index contributed by atoms with van der Waals surface area (Å²) < 4.78 is 31.0. The summed E-state index contributed by atoms with van der Waals surface area (Å²) in [5.41, 5.74) is 3.95. The van der Waals surface area contributed by atoms with E-state index >= 15 is 0 Å². The van der Waals surface area contributed by atoms with Gasteiger partial charge in [0, 0.05) is 36.9 Å². The summed E-state index contributed by atoms with van der Waals surface area (Å²) in [6.45, 7) is 4.06. The van der Waals surface area contributed by atoms with E-state index in [2.05, 4.69) is 49.0 Å². The second-order valence-corrected chi connectivity index (χ2v) is 12.1. The number of fused-ring (bicyclic) bond motifs is 1. The summed E-state index contributed by atoms with van der Waals surface area (Å²) >= 11 is 6.87. The Bertz CT molecular complexity index is 1910. The van der Waals surface area contributed by atoms with E-state index in [1.54, 1.807) is 29.1 Å². The van der Waals surface area contributed by atoms with Crippen LogP contribution in [0.5, 0.6) is 0 Å². The maximum Gasteiger partial charge on any atom is 0.123 e. The molecule has 2 N–H and O–H groups in total. The predicted molar refractivity (Wildman–Crippen MR) is 176 cm³/mol. The molecule has 0 amide bonds. The maximum atomic E-state index is 14.0. The van der Waals surface area contributed by atoms with Gasteiger partial charge in [0.1, 0.15) is 17.6 Å². The van der Waals surface area contributed by atoms with Crippen LogP contribution < -0.4 is 10.6 Å². The molecular weight excluding hydrogens is 603 g/mol. The van der Waals surface area contributed by atoms with E-state index in [0.717, 1.165) is 57.7 Å². The van der Waals surface area contributed by atoms with Crippen LogP contribution in [0.2, 0.25) is 5.02 Å². The molecule has 2 unspecified atom stereocenters. The third-order valence-corrected chi connectivity index (χ3v) is 8.78. The quantitative estimate of drug-likeness (QED) is 0.161. The first-order valence-corrected chi connectivity index (χ1v) is 15.9. The number of anilines is 2. The molecular formula is C35H34ClFN8O. The highest BCUT2D eigenvalue weighted by Gasteiger charge is 2.27. The van der Waals surface area contributed by atoms with Crippen molar-refractivity contribution in [3.63, 3.8) is 0 Å². The van der Waals surface area contributed by atoms with Crippen molar-refractivity contribution >= 4 is 33.9 Å². The number of hydrogen-bond donors (Lipinski definition) is 2. The molecule has 1 aliphatic heterocycles. The van der Waals surface area contributed by atoms with Crippen molar-refractivity contribution in [1.29, 1.82) is 5.26 Å². The van der Waals surface area contributed by atoms with Crippen LogP contribution in [0, 0.1) is 17.1 Å². The Morgan fingerprint density at radius 1 is 1.07 bits per heavy atom. The van der Waals surface area contributed by atoms with Crippen molar-refractivity contribution in [2.24, 2.45) is 0 Å². The van der Waals surface area contributed by atoms with Gasteiger partial charge in [-0.2, -0.15) is 5.26 Å². The molecule has 1 saturated heterocycles. The van der Waals surface area contributed by atoms with E-state index in [4.69, 9.17) is 16.3 Å². The van der Waals surface area contributed by atoms with E-state index in [-0.39, 0.29) is 12.1 Å². The Morgan fingerprint density at radius 2 is 1.85 bits per heavy atom. The fraction of sp³-hybridized carbons (Fsp3) is 0.314. The van der Waals surface area contributed by atoms with E-state index in [0.29, 0.717) is 44.1 Å². The lowest BCUT2D eigenvalue weighted by Gasteiger charge is -2.29. The van der Waals surface area contributed by atoms with Gasteiger partial charge in [-0.15, -0.1) is 5.10 Å². The normalized spacial score (nSPS) is 17.5. The molecule has 0 radical (unpaired) electrons. The zero-order valence-corrected chi connectivity index (χ0v) is 25.9. The minimum absolute atomic E-state index is 0.112. The zero-order valence-electron chi connectivity index (χ0n) is 26.2. The molecule has 7 rings (SSSR count). The van der Waals surface area contributed by atoms with Crippen molar-refractivity contribution < 1.29 is 10.5 Å². The SMILES string of the molecule is [2H]C(Nc1cc(Cl)c2ncc(C#N)c(NC(CCN3CCOCC3)c3ccccc3)c2c1)(c1ccc(F)cc1)c1cn(C2CC2)nn1. The molecule has 0 spiro atoms. The van der Waals surface area contributed by atoms with Crippen LogP contribution in [0.15, 0.2) is 79.1 Å². The lowest BCUT2D eigenvalue weighted by Crippen LogP contribution is -2.37. The molecule has 9 nitrogen and oxygen atoms in total. The standard InChI is InChI=1S/C35H34ClFN8O/c36-30-19-27(40-34(24-6-8-26(37)9-7-24)32-22-45(43-42-32)28-10-11-28)18-29-33(25(20-38)21-39-35(29)30)41-31(23-4-2-1-3-5-23)12-13-44-14-16-46-17-15-44/h1-9,18-19,21-22,28,31,34,40H,10-17H2,(H,39,41)/i34D. The van der Waals surface area contributed by atoms with Crippen LogP contribution in [0.1, 0.15) is 61.1 Å². The molecule has 2 aromatic heterocycles. The zero-order chi connectivity index (χ0) is 32.4. The molecule has 46 heavy (non-hydrogen) atoms. The lowest BCUT2D eigenvalue weighted by molar-refractivity contribution is 0.0368. The summed E-state index contributed by atoms with van der Waals surface area (Å²) in [5, 5.41) is 26.9. The summed E-state index contributed by atoms with van der Waals surface area (Å²) in [6, 6.07) is 20.3. The minimum atomic E-state index is -1.63. The van der Waals surface area contributed by atoms with Gasteiger partial charge in [-0.25, -0.2) is 9.07 Å². The summed E-state index contributed by atoms with van der Waals surface area (Å²) in [4.78, 5) is 6.93. The number of halogens is 2. The molecule has 2 atom stereocenters. The number of morpholine rings is 1. The Labute approximate surface area is 273 Å². The number of ether oxygens (including phenoxy) is 1. The van der Waals surface area contributed by atoms with Gasteiger partial charge < -0.3 is 15.4 Å². The van der Waals surface area contributed by atoms with Crippen molar-refractivity contribution in [2.75, 3.05) is 43.5 Å². The average Bonchev–Trinajstić information content (AvgIpc) is 3.83. The first-order valence-electron chi connectivity index (χ1n) is 16.0. The van der Waals surface area contributed by atoms with Gasteiger partial charge in [-0.3, -0.25) is 9.88 Å². The second kappa shape index (κ2) is 13.4. The van der Waals surface area contributed by atoms with Crippen LogP contribution in [-0.2, 0) is 4.74 Å². The van der Waals surface area contributed by atoms with E-state index in [9.17, 15) is 11.0 Å². The van der Waals surface area contributed by atoms with Gasteiger partial charge in [-0.1, -0.05) is 59.3 Å². The molecule has 234 valence electrons. The molecule has 2 aliphatic rings. The molecule has 1 saturated carbocycles. The topological polar surface area (TPSA) is 104 Å². The average molecular weight is 638 g/mol. The van der Waals surface area contributed by atoms with Crippen LogP contribution in [0.4, 0.5) is 15.8 Å². The van der Waals surface area contributed by atoms with Gasteiger partial charge in [0.15, 0.2) is 0 Å². The fourth-order valence-corrected chi connectivity index (χ4v) is 6.11. The third kappa shape index (κ3) is 6.67. The summed E-state index contributed by atoms with van der Waals surface area (Å²) in [7, 11) is 0. The van der Waals surface area contributed by atoms with E-state index in [1.165, 1.54) is 18.3 Å². The monoisotopic (exact) mass is 637 g/mol. The molecule has 5 aromatic rings. The number of rotatable bonds is 11. The first kappa shape index (κ1) is 28.9. The molecule has 2 fully saturated rings. The molecule has 1 aliphatic carbocycles. The smallest absolute Gasteiger partial charge is 0.123 e. The molecule has 0 bridgehead atoms. The van der Waals surface area contributed by atoms with Crippen molar-refractivity contribution in [1.82, 2.24) is 24.9 Å². The number of nitrogens with one attached hydrogen (secondary N) is 2. The van der Waals surface area contributed by atoms with Crippen molar-refractivity contribution in [3.05, 3.63) is 112 Å². The molecule has 3 heterocycles. The van der Waals surface area contributed by atoms with E-state index in [1.807, 2.05) is 24.3 Å². The van der Waals surface area contributed by atoms with Crippen LogP contribution in [0.3, 0.4) is 0 Å². The Hall–Kier alpha value is -4.56. The van der Waals surface area contributed by atoms with Crippen LogP contribution in [-0.4, -0.2) is 57.7 Å². The van der Waals surface area contributed by atoms with Gasteiger partial charge in [0.25, 0.3) is 0 Å². The Balaban J connectivity index is 1.28. The number of nitriles is 1. The third-order valence-electron chi connectivity index (χ3n) is 8.49. The highest BCUT2D eigenvalue weighted by atomic mass is 35.5. The van der Waals surface area contributed by atoms with Crippen LogP contribution >= 0.6 is 11.6 Å².